The maximum Gasteiger partial charge on any atom is 0.161 e. The van der Waals surface area contributed by atoms with E-state index in [0.717, 1.165) is 14.8 Å². The fourth-order valence-corrected chi connectivity index (χ4v) is 2.10. The van der Waals surface area contributed by atoms with E-state index in [1.54, 1.807) is 18.5 Å². The molecule has 0 aromatic carbocycles. The second-order valence-corrected chi connectivity index (χ2v) is 4.20. The lowest BCUT2D eigenvalue weighted by atomic mass is 10.2. The van der Waals surface area contributed by atoms with Crippen LogP contribution in [0.5, 0.6) is 0 Å². The Kier molecular flexibility index (Phi) is 2.88. The zero-order chi connectivity index (χ0) is 9.97. The molecule has 5 heteroatoms. The first-order valence-electron chi connectivity index (χ1n) is 3.86. The van der Waals surface area contributed by atoms with E-state index in [4.69, 9.17) is 0 Å². The van der Waals surface area contributed by atoms with Crippen molar-refractivity contribution < 1.29 is 0 Å². The van der Waals surface area contributed by atoms with Gasteiger partial charge < -0.3 is 0 Å². The van der Waals surface area contributed by atoms with E-state index in [0.29, 0.717) is 5.82 Å². The van der Waals surface area contributed by atoms with Crippen LogP contribution >= 0.6 is 31.9 Å². The lowest BCUT2D eigenvalue weighted by Gasteiger charge is -2.00. The summed E-state index contributed by atoms with van der Waals surface area (Å²) < 4.78 is 1.51. The SMILES string of the molecule is Brc1cc(Br)nc(-c2ccncc2)n1. The van der Waals surface area contributed by atoms with Gasteiger partial charge in [-0.1, -0.05) is 0 Å². The average molecular weight is 315 g/mol. The molecule has 2 heterocycles. The summed E-state index contributed by atoms with van der Waals surface area (Å²) in [5.74, 6) is 0.675. The Labute approximate surface area is 97.9 Å². The third-order valence-electron chi connectivity index (χ3n) is 1.60. The number of halogens is 2. The number of hydrogen-bond donors (Lipinski definition) is 0. The molecule has 70 valence electrons. The summed E-state index contributed by atoms with van der Waals surface area (Å²) >= 11 is 6.63. The van der Waals surface area contributed by atoms with Crippen LogP contribution in [0.1, 0.15) is 0 Å². The van der Waals surface area contributed by atoms with Gasteiger partial charge in [-0.3, -0.25) is 4.98 Å². The summed E-state index contributed by atoms with van der Waals surface area (Å²) in [6.45, 7) is 0. The van der Waals surface area contributed by atoms with E-state index in [1.165, 1.54) is 0 Å². The third-order valence-corrected chi connectivity index (χ3v) is 2.41. The molecule has 0 fully saturated rings. The van der Waals surface area contributed by atoms with E-state index in [1.807, 2.05) is 12.1 Å². The number of rotatable bonds is 1. The second kappa shape index (κ2) is 4.14. The van der Waals surface area contributed by atoms with Crippen LogP contribution < -0.4 is 0 Å². The van der Waals surface area contributed by atoms with Gasteiger partial charge in [-0.05, 0) is 44.0 Å². The molecule has 3 nitrogen and oxygen atoms in total. The smallest absolute Gasteiger partial charge is 0.161 e. The predicted octanol–water partition coefficient (Wildman–Crippen LogP) is 3.06. The Bertz CT molecular complexity index is 425. The molecule has 0 N–H and O–H groups in total. The molecule has 2 aromatic heterocycles. The van der Waals surface area contributed by atoms with Gasteiger partial charge in [-0.25, -0.2) is 9.97 Å². The molecule has 0 aliphatic rings. The first kappa shape index (κ1) is 9.73. The summed E-state index contributed by atoms with van der Waals surface area (Å²) in [5.41, 5.74) is 0.946. The first-order valence-corrected chi connectivity index (χ1v) is 5.45. The minimum atomic E-state index is 0.675. The molecule has 2 rings (SSSR count). The molecular weight excluding hydrogens is 310 g/mol. The molecule has 14 heavy (non-hydrogen) atoms. The number of hydrogen-bond acceptors (Lipinski definition) is 3. The molecule has 0 aliphatic carbocycles. The van der Waals surface area contributed by atoms with Crippen molar-refractivity contribution in [1.29, 1.82) is 0 Å². The van der Waals surface area contributed by atoms with Gasteiger partial charge in [0.05, 0.1) is 0 Å². The monoisotopic (exact) mass is 313 g/mol. The lowest BCUT2D eigenvalue weighted by Crippen LogP contribution is -1.90. The minimum Gasteiger partial charge on any atom is -0.265 e. The normalized spacial score (nSPS) is 10.1. The van der Waals surface area contributed by atoms with Gasteiger partial charge in [0.25, 0.3) is 0 Å². The summed E-state index contributed by atoms with van der Waals surface area (Å²) in [4.78, 5) is 12.4. The number of pyridine rings is 1. The molecule has 0 saturated carbocycles. The van der Waals surface area contributed by atoms with Crippen LogP contribution in [-0.2, 0) is 0 Å². The number of aromatic nitrogens is 3. The zero-order valence-electron chi connectivity index (χ0n) is 6.98. The van der Waals surface area contributed by atoms with Crippen molar-refractivity contribution in [1.82, 2.24) is 15.0 Å². The maximum absolute atomic E-state index is 4.25. The van der Waals surface area contributed by atoms with Gasteiger partial charge in [0, 0.05) is 24.0 Å². The van der Waals surface area contributed by atoms with Crippen LogP contribution in [0, 0.1) is 0 Å². The second-order valence-electron chi connectivity index (χ2n) is 2.57. The van der Waals surface area contributed by atoms with Gasteiger partial charge >= 0.3 is 0 Å². The Morgan fingerprint density at radius 2 is 1.50 bits per heavy atom. The van der Waals surface area contributed by atoms with Gasteiger partial charge in [-0.15, -0.1) is 0 Å². The van der Waals surface area contributed by atoms with Gasteiger partial charge in [0.2, 0.25) is 0 Å². The molecule has 0 spiro atoms. The van der Waals surface area contributed by atoms with Crippen LogP contribution in [0.25, 0.3) is 11.4 Å². The van der Waals surface area contributed by atoms with Crippen LogP contribution in [0.3, 0.4) is 0 Å². The molecule has 0 bridgehead atoms. The van der Waals surface area contributed by atoms with E-state index in [9.17, 15) is 0 Å². The minimum absolute atomic E-state index is 0.675. The van der Waals surface area contributed by atoms with E-state index in [2.05, 4.69) is 46.8 Å². The van der Waals surface area contributed by atoms with Crippen molar-refractivity contribution in [2.75, 3.05) is 0 Å². The largest absolute Gasteiger partial charge is 0.265 e. The highest BCUT2D eigenvalue weighted by atomic mass is 79.9. The average Bonchev–Trinajstić information content (AvgIpc) is 2.18. The molecule has 0 atom stereocenters. The maximum atomic E-state index is 4.25. The van der Waals surface area contributed by atoms with Crippen molar-refractivity contribution in [2.24, 2.45) is 0 Å². The van der Waals surface area contributed by atoms with Crippen LogP contribution in [-0.4, -0.2) is 15.0 Å². The van der Waals surface area contributed by atoms with Gasteiger partial charge in [0.15, 0.2) is 5.82 Å². The highest BCUT2D eigenvalue weighted by Crippen LogP contribution is 2.19. The summed E-state index contributed by atoms with van der Waals surface area (Å²) in [6.07, 6.45) is 3.43. The number of nitrogens with zero attached hydrogens (tertiary/aromatic N) is 3. The Balaban J connectivity index is 2.52. The molecular formula is C9H5Br2N3. The van der Waals surface area contributed by atoms with Crippen molar-refractivity contribution in [2.45, 2.75) is 0 Å². The van der Waals surface area contributed by atoms with Crippen molar-refractivity contribution >= 4 is 31.9 Å². The highest BCUT2D eigenvalue weighted by Gasteiger charge is 2.03. The van der Waals surface area contributed by atoms with Crippen molar-refractivity contribution in [3.8, 4) is 11.4 Å². The zero-order valence-corrected chi connectivity index (χ0v) is 10.2. The van der Waals surface area contributed by atoms with Gasteiger partial charge in [0.1, 0.15) is 9.21 Å². The van der Waals surface area contributed by atoms with Crippen molar-refractivity contribution in [3.63, 3.8) is 0 Å². The highest BCUT2D eigenvalue weighted by molar-refractivity contribution is 9.11. The molecule has 0 aliphatic heterocycles. The lowest BCUT2D eigenvalue weighted by molar-refractivity contribution is 1.12. The molecule has 0 unspecified atom stereocenters. The topological polar surface area (TPSA) is 38.7 Å². The molecule has 2 aromatic rings. The Morgan fingerprint density at radius 3 is 2.07 bits per heavy atom. The van der Waals surface area contributed by atoms with Crippen molar-refractivity contribution in [3.05, 3.63) is 39.8 Å². The van der Waals surface area contributed by atoms with Crippen LogP contribution in [0.15, 0.2) is 39.8 Å². The fraction of sp³-hybridized carbons (Fsp3) is 0. The Hall–Kier alpha value is -0.810. The summed E-state index contributed by atoms with van der Waals surface area (Å²) in [7, 11) is 0. The van der Waals surface area contributed by atoms with Gasteiger partial charge in [-0.2, -0.15) is 0 Å². The summed E-state index contributed by atoms with van der Waals surface area (Å²) in [5, 5.41) is 0. The first-order chi connectivity index (χ1) is 6.75. The Morgan fingerprint density at radius 1 is 0.929 bits per heavy atom. The quantitative estimate of drug-likeness (QED) is 0.759. The predicted molar refractivity (Wildman–Crippen MR) is 60.7 cm³/mol. The van der Waals surface area contributed by atoms with E-state index < -0.39 is 0 Å². The summed E-state index contributed by atoms with van der Waals surface area (Å²) in [6, 6.07) is 5.53. The molecule has 0 amide bonds. The van der Waals surface area contributed by atoms with Crippen LogP contribution in [0.4, 0.5) is 0 Å². The molecule has 0 radical (unpaired) electrons. The standard InChI is InChI=1S/C9H5Br2N3/c10-7-5-8(11)14-9(13-7)6-1-3-12-4-2-6/h1-5H. The van der Waals surface area contributed by atoms with E-state index >= 15 is 0 Å². The van der Waals surface area contributed by atoms with Crippen LogP contribution in [0.2, 0.25) is 0 Å². The third kappa shape index (κ3) is 2.16. The molecule has 0 saturated heterocycles. The fourth-order valence-electron chi connectivity index (χ4n) is 1.02. The van der Waals surface area contributed by atoms with E-state index in [-0.39, 0.29) is 0 Å².